The molecule has 2 bridgehead atoms. The second-order valence-corrected chi connectivity index (χ2v) is 6.42. The molecular weight excluding hydrogens is 236 g/mol. The molecule has 2 nitrogen and oxygen atoms in total. The number of hydrogen-bond acceptors (Lipinski definition) is 2. The Labute approximate surface area is 111 Å². The topological polar surface area (TPSA) is 34.1 Å². The molecule has 0 aliphatic heterocycles. The van der Waals surface area contributed by atoms with Crippen molar-refractivity contribution in [1.29, 1.82) is 0 Å². The largest absolute Gasteiger partial charge is 0.289 e. The van der Waals surface area contributed by atoms with Crippen molar-refractivity contribution in [2.45, 2.75) is 19.3 Å². The van der Waals surface area contributed by atoms with Crippen LogP contribution in [0.3, 0.4) is 0 Å². The van der Waals surface area contributed by atoms with Gasteiger partial charge < -0.3 is 0 Å². The standard InChI is InChI=1S/C17H14O2/c18-16-10-3-1-2-4-11(10)17(19)15-13-9-6-5-8(7-9)12(13)14(15)16/h1-4,8-9,12-13H,5-7H2/t8-,9+,12+,13-. The van der Waals surface area contributed by atoms with Crippen LogP contribution in [0.25, 0.3) is 0 Å². The summed E-state index contributed by atoms with van der Waals surface area (Å²) in [7, 11) is 0. The molecule has 2 fully saturated rings. The highest BCUT2D eigenvalue weighted by molar-refractivity contribution is 6.29. The van der Waals surface area contributed by atoms with Gasteiger partial charge in [-0.05, 0) is 42.9 Å². The Kier molecular flexibility index (Phi) is 1.63. The summed E-state index contributed by atoms with van der Waals surface area (Å²) >= 11 is 0. The smallest absolute Gasteiger partial charge is 0.190 e. The average Bonchev–Trinajstić information content (AvgIpc) is 2.95. The van der Waals surface area contributed by atoms with Crippen LogP contribution in [-0.4, -0.2) is 11.6 Å². The molecule has 0 unspecified atom stereocenters. The summed E-state index contributed by atoms with van der Waals surface area (Å²) in [6, 6.07) is 7.32. The van der Waals surface area contributed by atoms with Crippen molar-refractivity contribution in [3.63, 3.8) is 0 Å². The van der Waals surface area contributed by atoms with Gasteiger partial charge in [0.2, 0.25) is 0 Å². The molecule has 2 saturated carbocycles. The van der Waals surface area contributed by atoms with E-state index in [1.807, 2.05) is 12.1 Å². The average molecular weight is 250 g/mol. The maximum atomic E-state index is 12.6. The first-order valence-electron chi connectivity index (χ1n) is 7.20. The summed E-state index contributed by atoms with van der Waals surface area (Å²) in [4.78, 5) is 25.3. The van der Waals surface area contributed by atoms with E-state index in [0.29, 0.717) is 34.8 Å². The van der Waals surface area contributed by atoms with Crippen LogP contribution < -0.4 is 0 Å². The van der Waals surface area contributed by atoms with Gasteiger partial charge in [-0.15, -0.1) is 0 Å². The van der Waals surface area contributed by atoms with E-state index < -0.39 is 0 Å². The lowest BCUT2D eigenvalue weighted by molar-refractivity contribution is 0.0881. The zero-order valence-electron chi connectivity index (χ0n) is 10.6. The molecule has 0 heterocycles. The van der Waals surface area contributed by atoms with E-state index in [0.717, 1.165) is 11.1 Å². The molecule has 0 spiro atoms. The van der Waals surface area contributed by atoms with Gasteiger partial charge in [-0.1, -0.05) is 24.3 Å². The lowest BCUT2D eigenvalue weighted by Gasteiger charge is -2.45. The van der Waals surface area contributed by atoms with Gasteiger partial charge in [0.05, 0.1) is 0 Å². The quantitative estimate of drug-likeness (QED) is 0.709. The minimum absolute atomic E-state index is 0.138. The van der Waals surface area contributed by atoms with Gasteiger partial charge in [0.1, 0.15) is 0 Å². The third-order valence-corrected chi connectivity index (χ3v) is 5.78. The number of fused-ring (bicyclic) bond motifs is 8. The van der Waals surface area contributed by atoms with E-state index in [4.69, 9.17) is 0 Å². The SMILES string of the molecule is O=C1C2=C(C(=O)c3ccccc31)[C@H]1[C@@H]3CC[C@@H](C3)[C@@H]21. The molecule has 4 atom stereocenters. The number of carbonyl (C=O) groups excluding carboxylic acids is 2. The fraction of sp³-hybridized carbons (Fsp3) is 0.412. The molecule has 0 amide bonds. The highest BCUT2D eigenvalue weighted by atomic mass is 16.1. The number of Topliss-reactive ketones (excluding diaryl/α,β-unsaturated/α-hetero) is 2. The maximum absolute atomic E-state index is 12.6. The second kappa shape index (κ2) is 3.06. The van der Waals surface area contributed by atoms with Crippen molar-refractivity contribution in [2.24, 2.45) is 23.7 Å². The highest BCUT2D eigenvalue weighted by Gasteiger charge is 2.61. The van der Waals surface area contributed by atoms with Gasteiger partial charge in [0.25, 0.3) is 0 Å². The summed E-state index contributed by atoms with van der Waals surface area (Å²) in [5.74, 6) is 2.46. The van der Waals surface area contributed by atoms with Gasteiger partial charge in [0.15, 0.2) is 11.6 Å². The van der Waals surface area contributed by atoms with E-state index in [1.54, 1.807) is 12.1 Å². The van der Waals surface area contributed by atoms with Crippen LogP contribution in [0.2, 0.25) is 0 Å². The van der Waals surface area contributed by atoms with Crippen molar-refractivity contribution in [1.82, 2.24) is 0 Å². The number of ketones is 2. The molecule has 2 heteroatoms. The molecule has 1 aromatic rings. The van der Waals surface area contributed by atoms with Gasteiger partial charge >= 0.3 is 0 Å². The van der Waals surface area contributed by atoms with Crippen molar-refractivity contribution in [3.8, 4) is 0 Å². The van der Waals surface area contributed by atoms with Gasteiger partial charge in [-0.2, -0.15) is 0 Å². The summed E-state index contributed by atoms with van der Waals surface area (Å²) in [6.07, 6.45) is 3.75. The first-order chi connectivity index (χ1) is 9.27. The molecule has 94 valence electrons. The van der Waals surface area contributed by atoms with Gasteiger partial charge in [0, 0.05) is 22.3 Å². The Morgan fingerprint density at radius 3 is 1.74 bits per heavy atom. The van der Waals surface area contributed by atoms with Crippen LogP contribution in [0, 0.1) is 23.7 Å². The number of rotatable bonds is 0. The molecule has 1 aromatic carbocycles. The van der Waals surface area contributed by atoms with Crippen molar-refractivity contribution < 1.29 is 9.59 Å². The van der Waals surface area contributed by atoms with Crippen LogP contribution in [0.1, 0.15) is 40.0 Å². The third-order valence-electron chi connectivity index (χ3n) is 5.78. The number of hydrogen-bond donors (Lipinski definition) is 0. The predicted octanol–water partition coefficient (Wildman–Crippen LogP) is 3.04. The predicted molar refractivity (Wildman–Crippen MR) is 69.9 cm³/mol. The van der Waals surface area contributed by atoms with Crippen molar-refractivity contribution in [3.05, 3.63) is 46.5 Å². The zero-order chi connectivity index (χ0) is 12.7. The first kappa shape index (κ1) is 10.1. The van der Waals surface area contributed by atoms with E-state index in [1.165, 1.54) is 19.3 Å². The van der Waals surface area contributed by atoms with Gasteiger partial charge in [-0.3, -0.25) is 9.59 Å². The van der Waals surface area contributed by atoms with Crippen LogP contribution in [0.15, 0.2) is 35.4 Å². The van der Waals surface area contributed by atoms with E-state index in [-0.39, 0.29) is 11.6 Å². The maximum Gasteiger partial charge on any atom is 0.190 e. The minimum Gasteiger partial charge on any atom is -0.289 e. The molecule has 0 N–H and O–H groups in total. The summed E-state index contributed by atoms with van der Waals surface area (Å²) in [5.41, 5.74) is 3.04. The second-order valence-electron chi connectivity index (χ2n) is 6.42. The number of carbonyl (C=O) groups is 2. The van der Waals surface area contributed by atoms with Crippen LogP contribution in [-0.2, 0) is 0 Å². The monoisotopic (exact) mass is 250 g/mol. The molecule has 19 heavy (non-hydrogen) atoms. The molecule has 4 aliphatic carbocycles. The first-order valence-corrected chi connectivity index (χ1v) is 7.20. The van der Waals surface area contributed by atoms with Crippen molar-refractivity contribution >= 4 is 11.6 Å². The summed E-state index contributed by atoms with van der Waals surface area (Å²) in [5, 5.41) is 0. The lowest BCUT2D eigenvalue weighted by atomic mass is 9.56. The number of allylic oxidation sites excluding steroid dienone is 2. The Hall–Kier alpha value is -1.70. The molecular formula is C17H14O2. The summed E-state index contributed by atoms with van der Waals surface area (Å²) in [6.45, 7) is 0. The molecule has 4 aliphatic rings. The van der Waals surface area contributed by atoms with E-state index in [2.05, 4.69) is 0 Å². The zero-order valence-corrected chi connectivity index (χ0v) is 10.6. The summed E-state index contributed by atoms with van der Waals surface area (Å²) < 4.78 is 0. The van der Waals surface area contributed by atoms with E-state index >= 15 is 0 Å². The fourth-order valence-electron chi connectivity index (χ4n) is 5.10. The molecule has 0 radical (unpaired) electrons. The Morgan fingerprint density at radius 2 is 1.26 bits per heavy atom. The van der Waals surface area contributed by atoms with Crippen LogP contribution in [0.5, 0.6) is 0 Å². The van der Waals surface area contributed by atoms with Crippen LogP contribution >= 0.6 is 0 Å². The molecule has 0 saturated heterocycles. The third kappa shape index (κ3) is 0.981. The number of benzene rings is 1. The molecule has 0 aromatic heterocycles. The molecule has 5 rings (SSSR count). The minimum atomic E-state index is 0.138. The van der Waals surface area contributed by atoms with Crippen LogP contribution in [0.4, 0.5) is 0 Å². The Balaban J connectivity index is 1.72. The Morgan fingerprint density at radius 1 is 0.789 bits per heavy atom. The van der Waals surface area contributed by atoms with E-state index in [9.17, 15) is 9.59 Å². The van der Waals surface area contributed by atoms with Crippen molar-refractivity contribution in [2.75, 3.05) is 0 Å². The van der Waals surface area contributed by atoms with Gasteiger partial charge in [-0.25, -0.2) is 0 Å². The normalized spacial score (nSPS) is 37.9. The highest BCUT2D eigenvalue weighted by Crippen LogP contribution is 2.65. The lowest BCUT2D eigenvalue weighted by Crippen LogP contribution is -2.44. The Bertz CT molecular complexity index is 625. The fourth-order valence-corrected chi connectivity index (χ4v) is 5.10.